The van der Waals surface area contributed by atoms with E-state index in [1.54, 1.807) is 13.3 Å². The summed E-state index contributed by atoms with van der Waals surface area (Å²) in [6, 6.07) is 11.6. The number of aromatic nitrogens is 1. The lowest BCUT2D eigenvalue weighted by Crippen LogP contribution is -1.95. The van der Waals surface area contributed by atoms with Gasteiger partial charge in [-0.05, 0) is 30.2 Å². The molecule has 0 atom stereocenters. The Morgan fingerprint density at radius 1 is 1.18 bits per heavy atom. The molecule has 0 N–H and O–H groups in total. The standard InChI is InChI=1S/C14H15NO2/c1-3-11-9-13(14(16-2)15-10-11)17-12-7-5-4-6-8-12/h4-10H,3H2,1-2H3. The van der Waals surface area contributed by atoms with Crippen molar-refractivity contribution in [2.45, 2.75) is 13.3 Å². The van der Waals surface area contributed by atoms with Crippen molar-refractivity contribution in [3.63, 3.8) is 0 Å². The van der Waals surface area contributed by atoms with Crippen molar-refractivity contribution >= 4 is 0 Å². The van der Waals surface area contributed by atoms with E-state index in [0.29, 0.717) is 11.6 Å². The van der Waals surface area contributed by atoms with Gasteiger partial charge in [0, 0.05) is 6.20 Å². The van der Waals surface area contributed by atoms with E-state index in [-0.39, 0.29) is 0 Å². The van der Waals surface area contributed by atoms with Gasteiger partial charge in [0.1, 0.15) is 5.75 Å². The van der Waals surface area contributed by atoms with Crippen LogP contribution in [0.2, 0.25) is 0 Å². The van der Waals surface area contributed by atoms with E-state index in [0.717, 1.165) is 17.7 Å². The molecule has 0 aliphatic carbocycles. The van der Waals surface area contributed by atoms with Gasteiger partial charge in [0.25, 0.3) is 5.88 Å². The molecule has 0 unspecified atom stereocenters. The van der Waals surface area contributed by atoms with Gasteiger partial charge < -0.3 is 9.47 Å². The maximum absolute atomic E-state index is 5.76. The molecule has 1 aromatic carbocycles. The first kappa shape index (κ1) is 11.5. The predicted octanol–water partition coefficient (Wildman–Crippen LogP) is 3.44. The van der Waals surface area contributed by atoms with Gasteiger partial charge in [0.2, 0.25) is 0 Å². The summed E-state index contributed by atoms with van der Waals surface area (Å²) in [4.78, 5) is 4.22. The summed E-state index contributed by atoms with van der Waals surface area (Å²) in [5.74, 6) is 1.94. The number of hydrogen-bond acceptors (Lipinski definition) is 3. The topological polar surface area (TPSA) is 31.4 Å². The summed E-state index contributed by atoms with van der Waals surface area (Å²) >= 11 is 0. The van der Waals surface area contributed by atoms with Crippen LogP contribution in [-0.4, -0.2) is 12.1 Å². The van der Waals surface area contributed by atoms with Crippen LogP contribution in [0.5, 0.6) is 17.4 Å². The highest BCUT2D eigenvalue weighted by Crippen LogP contribution is 2.30. The predicted molar refractivity (Wildman–Crippen MR) is 66.7 cm³/mol. The molecule has 1 aromatic heterocycles. The van der Waals surface area contributed by atoms with E-state index >= 15 is 0 Å². The highest BCUT2D eigenvalue weighted by Gasteiger charge is 2.07. The Kier molecular flexibility index (Phi) is 3.60. The molecule has 17 heavy (non-hydrogen) atoms. The molecular formula is C14H15NO2. The Hall–Kier alpha value is -2.03. The highest BCUT2D eigenvalue weighted by atomic mass is 16.5. The van der Waals surface area contributed by atoms with Crippen LogP contribution in [0.1, 0.15) is 12.5 Å². The lowest BCUT2D eigenvalue weighted by molar-refractivity contribution is 0.363. The van der Waals surface area contributed by atoms with Crippen LogP contribution in [-0.2, 0) is 6.42 Å². The van der Waals surface area contributed by atoms with Crippen molar-refractivity contribution in [1.29, 1.82) is 0 Å². The van der Waals surface area contributed by atoms with Crippen molar-refractivity contribution in [1.82, 2.24) is 4.98 Å². The number of benzene rings is 1. The summed E-state index contributed by atoms with van der Waals surface area (Å²) in [6.45, 7) is 2.08. The minimum atomic E-state index is 0.506. The summed E-state index contributed by atoms with van der Waals surface area (Å²) < 4.78 is 10.9. The van der Waals surface area contributed by atoms with E-state index in [4.69, 9.17) is 9.47 Å². The number of ether oxygens (including phenoxy) is 2. The second-order valence-corrected chi connectivity index (χ2v) is 3.62. The van der Waals surface area contributed by atoms with Crippen LogP contribution < -0.4 is 9.47 Å². The van der Waals surface area contributed by atoms with Crippen molar-refractivity contribution < 1.29 is 9.47 Å². The van der Waals surface area contributed by atoms with E-state index in [2.05, 4.69) is 11.9 Å². The molecule has 2 aromatic rings. The van der Waals surface area contributed by atoms with Crippen molar-refractivity contribution in [3.05, 3.63) is 48.2 Å². The summed E-state index contributed by atoms with van der Waals surface area (Å²) in [5, 5.41) is 0. The number of aryl methyl sites for hydroxylation is 1. The lowest BCUT2D eigenvalue weighted by Gasteiger charge is -2.10. The van der Waals surface area contributed by atoms with E-state index in [1.807, 2.05) is 36.4 Å². The van der Waals surface area contributed by atoms with Crippen molar-refractivity contribution in [2.75, 3.05) is 7.11 Å². The first-order chi connectivity index (χ1) is 8.33. The molecule has 0 amide bonds. The third-order valence-electron chi connectivity index (χ3n) is 2.45. The Bertz CT molecular complexity index is 483. The number of hydrogen-bond donors (Lipinski definition) is 0. The molecule has 0 saturated carbocycles. The van der Waals surface area contributed by atoms with Crippen LogP contribution in [0.15, 0.2) is 42.6 Å². The van der Waals surface area contributed by atoms with Crippen LogP contribution in [0, 0.1) is 0 Å². The molecular weight excluding hydrogens is 214 g/mol. The normalized spacial score (nSPS) is 10.0. The average Bonchev–Trinajstić information content (AvgIpc) is 2.40. The maximum atomic E-state index is 5.76. The van der Waals surface area contributed by atoms with Crippen LogP contribution in [0.25, 0.3) is 0 Å². The second-order valence-electron chi connectivity index (χ2n) is 3.62. The molecule has 0 saturated heterocycles. The fourth-order valence-electron chi connectivity index (χ4n) is 1.51. The van der Waals surface area contributed by atoms with Gasteiger partial charge in [-0.1, -0.05) is 25.1 Å². The average molecular weight is 229 g/mol. The zero-order chi connectivity index (χ0) is 12.1. The zero-order valence-corrected chi connectivity index (χ0v) is 10.0. The summed E-state index contributed by atoms with van der Waals surface area (Å²) in [7, 11) is 1.59. The third kappa shape index (κ3) is 2.75. The molecule has 3 nitrogen and oxygen atoms in total. The third-order valence-corrected chi connectivity index (χ3v) is 2.45. The smallest absolute Gasteiger partial charge is 0.257 e. The van der Waals surface area contributed by atoms with Gasteiger partial charge in [-0.25, -0.2) is 4.98 Å². The van der Waals surface area contributed by atoms with Gasteiger partial charge in [0.15, 0.2) is 5.75 Å². The monoisotopic (exact) mass is 229 g/mol. The molecule has 88 valence electrons. The summed E-state index contributed by atoms with van der Waals surface area (Å²) in [5.41, 5.74) is 1.12. The van der Waals surface area contributed by atoms with E-state index in [9.17, 15) is 0 Å². The largest absolute Gasteiger partial charge is 0.478 e. The molecule has 0 aliphatic heterocycles. The molecule has 0 aliphatic rings. The maximum Gasteiger partial charge on any atom is 0.257 e. The zero-order valence-electron chi connectivity index (χ0n) is 10.0. The quantitative estimate of drug-likeness (QED) is 0.804. The fraction of sp³-hybridized carbons (Fsp3) is 0.214. The van der Waals surface area contributed by atoms with Crippen LogP contribution in [0.4, 0.5) is 0 Å². The Morgan fingerprint density at radius 3 is 2.59 bits per heavy atom. The van der Waals surface area contributed by atoms with Crippen LogP contribution in [0.3, 0.4) is 0 Å². The van der Waals surface area contributed by atoms with Gasteiger partial charge in [-0.3, -0.25) is 0 Å². The number of methoxy groups -OCH3 is 1. The fourth-order valence-corrected chi connectivity index (χ4v) is 1.51. The molecule has 3 heteroatoms. The Morgan fingerprint density at radius 2 is 1.94 bits per heavy atom. The SMILES string of the molecule is CCc1cnc(OC)c(Oc2ccccc2)c1. The molecule has 0 radical (unpaired) electrons. The number of rotatable bonds is 4. The number of pyridine rings is 1. The van der Waals surface area contributed by atoms with E-state index in [1.165, 1.54) is 0 Å². The van der Waals surface area contributed by atoms with Crippen molar-refractivity contribution in [2.24, 2.45) is 0 Å². The lowest BCUT2D eigenvalue weighted by atomic mass is 10.2. The molecule has 0 fully saturated rings. The van der Waals surface area contributed by atoms with Gasteiger partial charge in [-0.15, -0.1) is 0 Å². The van der Waals surface area contributed by atoms with E-state index < -0.39 is 0 Å². The molecule has 0 spiro atoms. The highest BCUT2D eigenvalue weighted by molar-refractivity contribution is 5.40. The van der Waals surface area contributed by atoms with Gasteiger partial charge in [0.05, 0.1) is 7.11 Å². The first-order valence-electron chi connectivity index (χ1n) is 5.59. The molecule has 0 bridgehead atoms. The Labute approximate surface area is 101 Å². The minimum absolute atomic E-state index is 0.506. The number of nitrogens with zero attached hydrogens (tertiary/aromatic N) is 1. The first-order valence-corrected chi connectivity index (χ1v) is 5.59. The molecule has 1 heterocycles. The second kappa shape index (κ2) is 5.34. The Balaban J connectivity index is 2.30. The molecule has 2 rings (SSSR count). The van der Waals surface area contributed by atoms with Gasteiger partial charge >= 0.3 is 0 Å². The van der Waals surface area contributed by atoms with Crippen LogP contribution >= 0.6 is 0 Å². The van der Waals surface area contributed by atoms with Crippen molar-refractivity contribution in [3.8, 4) is 17.4 Å². The summed E-state index contributed by atoms with van der Waals surface area (Å²) in [6.07, 6.45) is 2.72. The minimum Gasteiger partial charge on any atom is -0.478 e. The number of para-hydroxylation sites is 1. The van der Waals surface area contributed by atoms with Gasteiger partial charge in [-0.2, -0.15) is 0 Å².